The first-order valence-corrected chi connectivity index (χ1v) is 11.0. The van der Waals surface area contributed by atoms with Crippen molar-refractivity contribution < 1.29 is 9.53 Å². The number of aromatic nitrogens is 2. The highest BCUT2D eigenvalue weighted by atomic mass is 16.5. The maximum Gasteiger partial charge on any atom is 0.224 e. The Kier molecular flexibility index (Phi) is 8.30. The molecular formula is C25H33N3O2. The zero-order valence-electron chi connectivity index (χ0n) is 18.2. The predicted octanol–water partition coefficient (Wildman–Crippen LogP) is 4.92. The molecule has 30 heavy (non-hydrogen) atoms. The summed E-state index contributed by atoms with van der Waals surface area (Å²) >= 11 is 0. The van der Waals surface area contributed by atoms with Gasteiger partial charge in [-0.3, -0.25) is 4.79 Å². The van der Waals surface area contributed by atoms with Crippen LogP contribution in [0, 0.1) is 0 Å². The summed E-state index contributed by atoms with van der Waals surface area (Å²) in [6, 6.07) is 15.9. The van der Waals surface area contributed by atoms with Gasteiger partial charge < -0.3 is 14.6 Å². The number of unbranched alkanes of at least 4 members (excludes halogenated alkanes) is 4. The lowest BCUT2D eigenvalue weighted by molar-refractivity contribution is -0.120. The van der Waals surface area contributed by atoms with E-state index in [1.54, 1.807) is 7.11 Å². The highest BCUT2D eigenvalue weighted by molar-refractivity contribution is 5.78. The van der Waals surface area contributed by atoms with E-state index in [2.05, 4.69) is 35.0 Å². The van der Waals surface area contributed by atoms with Crippen molar-refractivity contribution in [1.82, 2.24) is 14.9 Å². The Hall–Kier alpha value is -2.82. The van der Waals surface area contributed by atoms with Gasteiger partial charge in [-0.1, -0.05) is 56.9 Å². The van der Waals surface area contributed by atoms with Crippen molar-refractivity contribution in [3.8, 4) is 5.75 Å². The first-order valence-electron chi connectivity index (χ1n) is 11.0. The second-order valence-electron chi connectivity index (χ2n) is 7.71. The van der Waals surface area contributed by atoms with E-state index >= 15 is 0 Å². The second kappa shape index (κ2) is 11.4. The largest absolute Gasteiger partial charge is 0.497 e. The molecule has 0 fully saturated rings. The standard InChI is InChI=1S/C25H33N3O2/c1-3-4-5-6-9-18-28-23-11-8-7-10-22(23)27-24(28)16-17-26-25(29)19-20-12-14-21(30-2)15-13-20/h7-8,10-15H,3-6,9,16-19H2,1-2H3,(H,26,29). The number of rotatable bonds is 12. The van der Waals surface area contributed by atoms with Crippen molar-refractivity contribution in [3.05, 3.63) is 59.9 Å². The molecule has 1 N–H and O–H groups in total. The molecule has 0 aliphatic heterocycles. The van der Waals surface area contributed by atoms with Crippen LogP contribution >= 0.6 is 0 Å². The maximum absolute atomic E-state index is 12.3. The Morgan fingerprint density at radius 2 is 1.80 bits per heavy atom. The third-order valence-electron chi connectivity index (χ3n) is 5.41. The summed E-state index contributed by atoms with van der Waals surface area (Å²) in [5, 5.41) is 3.04. The Balaban J connectivity index is 1.55. The molecule has 5 nitrogen and oxygen atoms in total. The Morgan fingerprint density at radius 1 is 1.03 bits per heavy atom. The molecule has 0 aliphatic rings. The molecule has 0 saturated carbocycles. The number of amides is 1. The quantitative estimate of drug-likeness (QED) is 0.434. The number of methoxy groups -OCH3 is 1. The normalized spacial score (nSPS) is 11.0. The van der Waals surface area contributed by atoms with Gasteiger partial charge in [0, 0.05) is 19.5 Å². The Bertz CT molecular complexity index is 931. The van der Waals surface area contributed by atoms with Gasteiger partial charge in [0.25, 0.3) is 0 Å². The van der Waals surface area contributed by atoms with Gasteiger partial charge >= 0.3 is 0 Å². The van der Waals surface area contributed by atoms with E-state index in [1.165, 1.54) is 31.2 Å². The number of aryl methyl sites for hydroxylation is 1. The molecular weight excluding hydrogens is 374 g/mol. The number of para-hydroxylation sites is 2. The minimum absolute atomic E-state index is 0.0300. The summed E-state index contributed by atoms with van der Waals surface area (Å²) in [7, 11) is 1.64. The number of fused-ring (bicyclic) bond motifs is 1. The smallest absolute Gasteiger partial charge is 0.224 e. The molecule has 5 heteroatoms. The lowest BCUT2D eigenvalue weighted by Crippen LogP contribution is -2.28. The van der Waals surface area contributed by atoms with Crippen LogP contribution in [0.4, 0.5) is 0 Å². The van der Waals surface area contributed by atoms with Gasteiger partial charge in [0.15, 0.2) is 0 Å². The summed E-state index contributed by atoms with van der Waals surface area (Å²) in [5.74, 6) is 1.88. The molecule has 1 aromatic heterocycles. The van der Waals surface area contributed by atoms with Crippen LogP contribution in [0.1, 0.15) is 50.4 Å². The average molecular weight is 408 g/mol. The first kappa shape index (κ1) is 21.9. The highest BCUT2D eigenvalue weighted by Crippen LogP contribution is 2.18. The van der Waals surface area contributed by atoms with E-state index in [4.69, 9.17) is 9.72 Å². The van der Waals surface area contributed by atoms with Crippen LogP contribution in [0.15, 0.2) is 48.5 Å². The van der Waals surface area contributed by atoms with Gasteiger partial charge in [-0.25, -0.2) is 4.98 Å². The molecule has 3 aromatic rings. The first-order chi connectivity index (χ1) is 14.7. The summed E-state index contributed by atoms with van der Waals surface area (Å²) in [5.41, 5.74) is 3.20. The molecule has 2 aromatic carbocycles. The number of hydrogen-bond acceptors (Lipinski definition) is 3. The molecule has 0 bridgehead atoms. The van der Waals surface area contributed by atoms with Crippen molar-refractivity contribution in [2.45, 2.75) is 58.4 Å². The fraction of sp³-hybridized carbons (Fsp3) is 0.440. The van der Waals surface area contributed by atoms with Crippen LogP contribution < -0.4 is 10.1 Å². The monoisotopic (exact) mass is 407 g/mol. The van der Waals surface area contributed by atoms with Crippen molar-refractivity contribution in [1.29, 1.82) is 0 Å². The van der Waals surface area contributed by atoms with Crippen molar-refractivity contribution >= 4 is 16.9 Å². The topological polar surface area (TPSA) is 56.2 Å². The summed E-state index contributed by atoms with van der Waals surface area (Å²) in [4.78, 5) is 17.1. The maximum atomic E-state index is 12.3. The summed E-state index contributed by atoms with van der Waals surface area (Å²) < 4.78 is 7.49. The fourth-order valence-corrected chi connectivity index (χ4v) is 3.74. The number of imidazole rings is 1. The van der Waals surface area contributed by atoms with E-state index in [9.17, 15) is 4.79 Å². The lowest BCUT2D eigenvalue weighted by Gasteiger charge is -2.10. The minimum atomic E-state index is 0.0300. The highest BCUT2D eigenvalue weighted by Gasteiger charge is 2.11. The summed E-state index contributed by atoms with van der Waals surface area (Å²) in [6.45, 7) is 3.82. The average Bonchev–Trinajstić information content (AvgIpc) is 3.11. The van der Waals surface area contributed by atoms with Gasteiger partial charge in [0.1, 0.15) is 11.6 Å². The van der Waals surface area contributed by atoms with Crippen molar-refractivity contribution in [2.75, 3.05) is 13.7 Å². The summed E-state index contributed by atoms with van der Waals surface area (Å²) in [6.07, 6.45) is 7.37. The van der Waals surface area contributed by atoms with Crippen LogP contribution in [0.5, 0.6) is 5.75 Å². The Labute approximate surface area is 179 Å². The van der Waals surface area contributed by atoms with Gasteiger partial charge in [-0.15, -0.1) is 0 Å². The molecule has 0 saturated heterocycles. The van der Waals surface area contributed by atoms with Crippen LogP contribution in [0.3, 0.4) is 0 Å². The second-order valence-corrected chi connectivity index (χ2v) is 7.71. The minimum Gasteiger partial charge on any atom is -0.497 e. The van der Waals surface area contributed by atoms with E-state index in [0.29, 0.717) is 13.0 Å². The number of carbonyl (C=O) groups is 1. The molecule has 0 spiro atoms. The van der Waals surface area contributed by atoms with Gasteiger partial charge in [0.05, 0.1) is 24.6 Å². The van der Waals surface area contributed by atoms with E-state index in [0.717, 1.165) is 42.0 Å². The molecule has 3 rings (SSSR count). The molecule has 0 aliphatic carbocycles. The van der Waals surface area contributed by atoms with Gasteiger partial charge in [-0.2, -0.15) is 0 Å². The van der Waals surface area contributed by atoms with E-state index < -0.39 is 0 Å². The lowest BCUT2D eigenvalue weighted by atomic mass is 10.1. The molecule has 160 valence electrons. The number of carbonyl (C=O) groups excluding carboxylic acids is 1. The van der Waals surface area contributed by atoms with Crippen molar-refractivity contribution in [3.63, 3.8) is 0 Å². The SMILES string of the molecule is CCCCCCCn1c(CCNC(=O)Cc2ccc(OC)cc2)nc2ccccc21. The molecule has 0 unspecified atom stereocenters. The fourth-order valence-electron chi connectivity index (χ4n) is 3.74. The van der Waals surface area contributed by atoms with Crippen LogP contribution in [0.2, 0.25) is 0 Å². The molecule has 0 radical (unpaired) electrons. The number of nitrogens with one attached hydrogen (secondary N) is 1. The molecule has 0 atom stereocenters. The van der Waals surface area contributed by atoms with Crippen LogP contribution in [0.25, 0.3) is 11.0 Å². The zero-order valence-corrected chi connectivity index (χ0v) is 18.2. The van der Waals surface area contributed by atoms with Crippen molar-refractivity contribution in [2.24, 2.45) is 0 Å². The van der Waals surface area contributed by atoms with Crippen LogP contribution in [-0.2, 0) is 24.2 Å². The predicted molar refractivity (Wildman–Crippen MR) is 122 cm³/mol. The number of nitrogens with zero attached hydrogens (tertiary/aromatic N) is 2. The van der Waals surface area contributed by atoms with Crippen LogP contribution in [-0.4, -0.2) is 29.1 Å². The third-order valence-corrected chi connectivity index (χ3v) is 5.41. The number of benzene rings is 2. The van der Waals surface area contributed by atoms with E-state index in [1.807, 2.05) is 30.3 Å². The number of ether oxygens (including phenoxy) is 1. The van der Waals surface area contributed by atoms with Gasteiger partial charge in [0.2, 0.25) is 5.91 Å². The molecule has 1 heterocycles. The zero-order chi connectivity index (χ0) is 21.2. The van der Waals surface area contributed by atoms with Gasteiger partial charge in [-0.05, 0) is 36.2 Å². The number of hydrogen-bond donors (Lipinski definition) is 1. The third kappa shape index (κ3) is 6.09. The Morgan fingerprint density at radius 3 is 2.57 bits per heavy atom. The molecule has 1 amide bonds. The van der Waals surface area contributed by atoms with E-state index in [-0.39, 0.29) is 5.91 Å².